The first-order valence-electron chi connectivity index (χ1n) is 6.39. The Bertz CT molecular complexity index is 576. The number of anilines is 1. The molecule has 0 aliphatic heterocycles. The van der Waals surface area contributed by atoms with Crippen LogP contribution in [0.1, 0.15) is 21.7 Å². The maximum Gasteiger partial charge on any atom is 0.251 e. The van der Waals surface area contributed by atoms with Crippen LogP contribution in [-0.2, 0) is 6.54 Å². The fraction of sp³-hybridized carbons (Fsp3) is 0.267. The van der Waals surface area contributed by atoms with Gasteiger partial charge in [-0.25, -0.2) is 9.97 Å². The van der Waals surface area contributed by atoms with Crippen molar-refractivity contribution in [3.05, 3.63) is 53.6 Å². The molecule has 0 saturated carbocycles. The molecular weight excluding hydrogens is 252 g/mol. The standard InChI is InChI=1S/C15H18N4O/c1-11-8-16-14(17-9-11)10-18-15(20)12-4-6-13(7-5-12)19(2)3/h4-9H,10H2,1-3H3,(H,18,20). The third kappa shape index (κ3) is 3.54. The van der Waals surface area contributed by atoms with Crippen LogP contribution in [0.25, 0.3) is 0 Å². The highest BCUT2D eigenvalue weighted by Gasteiger charge is 2.06. The van der Waals surface area contributed by atoms with Gasteiger partial charge in [-0.2, -0.15) is 0 Å². The van der Waals surface area contributed by atoms with Crippen LogP contribution in [0.3, 0.4) is 0 Å². The van der Waals surface area contributed by atoms with Crippen molar-refractivity contribution in [2.45, 2.75) is 13.5 Å². The van der Waals surface area contributed by atoms with Crippen molar-refractivity contribution in [2.75, 3.05) is 19.0 Å². The van der Waals surface area contributed by atoms with E-state index in [0.29, 0.717) is 17.9 Å². The Balaban J connectivity index is 1.96. The van der Waals surface area contributed by atoms with Gasteiger partial charge in [0.2, 0.25) is 0 Å². The molecule has 1 heterocycles. The quantitative estimate of drug-likeness (QED) is 0.920. The minimum absolute atomic E-state index is 0.125. The summed E-state index contributed by atoms with van der Waals surface area (Å²) in [5.41, 5.74) is 2.69. The molecule has 0 atom stereocenters. The molecule has 5 heteroatoms. The van der Waals surface area contributed by atoms with Gasteiger partial charge in [0, 0.05) is 37.7 Å². The largest absolute Gasteiger partial charge is 0.378 e. The van der Waals surface area contributed by atoms with Gasteiger partial charge in [0.15, 0.2) is 0 Å². The molecule has 0 fully saturated rings. The number of amides is 1. The van der Waals surface area contributed by atoms with Crippen LogP contribution in [0.5, 0.6) is 0 Å². The zero-order valence-corrected chi connectivity index (χ0v) is 11.9. The molecule has 0 aliphatic carbocycles. The molecular formula is C15H18N4O. The summed E-state index contributed by atoms with van der Waals surface area (Å²) in [5.74, 6) is 0.480. The van der Waals surface area contributed by atoms with Gasteiger partial charge in [-0.1, -0.05) is 0 Å². The van der Waals surface area contributed by atoms with Crippen molar-refractivity contribution in [1.29, 1.82) is 0 Å². The highest BCUT2D eigenvalue weighted by molar-refractivity contribution is 5.94. The molecule has 1 N–H and O–H groups in total. The van der Waals surface area contributed by atoms with Gasteiger partial charge in [0.1, 0.15) is 5.82 Å². The van der Waals surface area contributed by atoms with Crippen molar-refractivity contribution < 1.29 is 4.79 Å². The second-order valence-electron chi connectivity index (χ2n) is 4.80. The number of nitrogens with zero attached hydrogens (tertiary/aromatic N) is 3. The smallest absolute Gasteiger partial charge is 0.251 e. The molecule has 0 bridgehead atoms. The number of hydrogen-bond donors (Lipinski definition) is 1. The first-order chi connectivity index (χ1) is 9.56. The first kappa shape index (κ1) is 14.0. The van der Waals surface area contributed by atoms with E-state index in [1.54, 1.807) is 24.5 Å². The number of hydrogen-bond acceptors (Lipinski definition) is 4. The molecule has 20 heavy (non-hydrogen) atoms. The molecule has 0 aliphatic rings. The van der Waals surface area contributed by atoms with Crippen molar-refractivity contribution in [3.63, 3.8) is 0 Å². The maximum absolute atomic E-state index is 12.0. The van der Waals surface area contributed by atoms with Gasteiger partial charge in [0.25, 0.3) is 5.91 Å². The van der Waals surface area contributed by atoms with Crippen molar-refractivity contribution in [3.8, 4) is 0 Å². The Morgan fingerprint density at radius 3 is 2.30 bits per heavy atom. The van der Waals surface area contributed by atoms with Gasteiger partial charge < -0.3 is 10.2 Å². The van der Waals surface area contributed by atoms with E-state index in [0.717, 1.165) is 11.3 Å². The Labute approximate surface area is 118 Å². The lowest BCUT2D eigenvalue weighted by atomic mass is 10.2. The topological polar surface area (TPSA) is 58.1 Å². The minimum atomic E-state index is -0.125. The molecule has 0 spiro atoms. The summed E-state index contributed by atoms with van der Waals surface area (Å²) in [6.07, 6.45) is 3.47. The van der Waals surface area contributed by atoms with Crippen molar-refractivity contribution >= 4 is 11.6 Å². The summed E-state index contributed by atoms with van der Waals surface area (Å²) in [7, 11) is 3.92. The number of carbonyl (C=O) groups excluding carboxylic acids is 1. The lowest BCUT2D eigenvalue weighted by molar-refractivity contribution is 0.0950. The molecule has 0 unspecified atom stereocenters. The molecule has 5 nitrogen and oxygen atoms in total. The fourth-order valence-electron chi connectivity index (χ4n) is 1.68. The van der Waals surface area contributed by atoms with Crippen LogP contribution in [0.15, 0.2) is 36.7 Å². The van der Waals surface area contributed by atoms with Gasteiger partial charge in [-0.15, -0.1) is 0 Å². The van der Waals surface area contributed by atoms with Crippen molar-refractivity contribution in [1.82, 2.24) is 15.3 Å². The van der Waals surface area contributed by atoms with Gasteiger partial charge in [0.05, 0.1) is 6.54 Å². The van der Waals surface area contributed by atoms with Crippen LogP contribution in [0.2, 0.25) is 0 Å². The zero-order chi connectivity index (χ0) is 14.5. The van der Waals surface area contributed by atoms with Crippen LogP contribution in [0, 0.1) is 6.92 Å². The van der Waals surface area contributed by atoms with Crippen LogP contribution in [0.4, 0.5) is 5.69 Å². The summed E-state index contributed by atoms with van der Waals surface area (Å²) < 4.78 is 0. The van der Waals surface area contributed by atoms with E-state index >= 15 is 0 Å². The third-order valence-corrected chi connectivity index (χ3v) is 2.89. The number of carbonyl (C=O) groups is 1. The van der Waals surface area contributed by atoms with Crippen molar-refractivity contribution in [2.24, 2.45) is 0 Å². The highest BCUT2D eigenvalue weighted by atomic mass is 16.1. The summed E-state index contributed by atoms with van der Waals surface area (Å²) in [4.78, 5) is 22.3. The Kier molecular flexibility index (Phi) is 4.30. The zero-order valence-electron chi connectivity index (χ0n) is 11.9. The number of rotatable bonds is 4. The fourth-order valence-corrected chi connectivity index (χ4v) is 1.68. The lowest BCUT2D eigenvalue weighted by Crippen LogP contribution is -2.24. The summed E-state index contributed by atoms with van der Waals surface area (Å²) in [5, 5.41) is 2.81. The van der Waals surface area contributed by atoms with E-state index in [9.17, 15) is 4.79 Å². The molecule has 1 aromatic carbocycles. The predicted molar refractivity (Wildman–Crippen MR) is 78.7 cm³/mol. The van der Waals surface area contributed by atoms with Crippen LogP contribution < -0.4 is 10.2 Å². The Morgan fingerprint density at radius 2 is 1.75 bits per heavy atom. The number of aromatic nitrogens is 2. The molecule has 0 saturated heterocycles. The molecule has 1 amide bonds. The second-order valence-corrected chi connectivity index (χ2v) is 4.80. The molecule has 0 radical (unpaired) electrons. The maximum atomic E-state index is 12.0. The average molecular weight is 270 g/mol. The van der Waals surface area contributed by atoms with E-state index in [-0.39, 0.29) is 5.91 Å². The first-order valence-corrected chi connectivity index (χ1v) is 6.39. The van der Waals surface area contributed by atoms with E-state index in [4.69, 9.17) is 0 Å². The summed E-state index contributed by atoms with van der Waals surface area (Å²) in [6.45, 7) is 2.25. The highest BCUT2D eigenvalue weighted by Crippen LogP contribution is 2.12. The molecule has 2 rings (SSSR count). The molecule has 104 valence electrons. The predicted octanol–water partition coefficient (Wildman–Crippen LogP) is 1.78. The normalized spacial score (nSPS) is 10.2. The van der Waals surface area contributed by atoms with Crippen LogP contribution >= 0.6 is 0 Å². The molecule has 1 aromatic heterocycles. The monoisotopic (exact) mass is 270 g/mol. The number of aryl methyl sites for hydroxylation is 1. The molecule has 2 aromatic rings. The van der Waals surface area contributed by atoms with Gasteiger partial charge in [-0.05, 0) is 36.8 Å². The van der Waals surface area contributed by atoms with E-state index < -0.39 is 0 Å². The average Bonchev–Trinajstić information content (AvgIpc) is 2.46. The lowest BCUT2D eigenvalue weighted by Gasteiger charge is -2.12. The summed E-state index contributed by atoms with van der Waals surface area (Å²) in [6, 6.07) is 7.44. The van der Waals surface area contributed by atoms with E-state index in [1.165, 1.54) is 0 Å². The Morgan fingerprint density at radius 1 is 1.15 bits per heavy atom. The third-order valence-electron chi connectivity index (χ3n) is 2.89. The van der Waals surface area contributed by atoms with Gasteiger partial charge in [-0.3, -0.25) is 4.79 Å². The SMILES string of the molecule is Cc1cnc(CNC(=O)c2ccc(N(C)C)cc2)nc1. The summed E-state index contributed by atoms with van der Waals surface area (Å²) >= 11 is 0. The van der Waals surface area contributed by atoms with Gasteiger partial charge >= 0.3 is 0 Å². The Hall–Kier alpha value is -2.43. The van der Waals surface area contributed by atoms with E-state index in [1.807, 2.05) is 38.1 Å². The number of nitrogens with one attached hydrogen (secondary N) is 1. The van der Waals surface area contributed by atoms with Crippen LogP contribution in [-0.4, -0.2) is 30.0 Å². The minimum Gasteiger partial charge on any atom is -0.378 e. The number of benzene rings is 1. The van der Waals surface area contributed by atoms with E-state index in [2.05, 4.69) is 15.3 Å². The second kappa shape index (κ2) is 6.14.